The minimum absolute atomic E-state index is 0. The van der Waals surface area contributed by atoms with Crippen LogP contribution in [-0.4, -0.2) is 28.7 Å². The van der Waals surface area contributed by atoms with E-state index in [-0.39, 0.29) is 12.4 Å². The third-order valence-corrected chi connectivity index (χ3v) is 2.79. The summed E-state index contributed by atoms with van der Waals surface area (Å²) in [4.78, 5) is 4.02. The molecule has 1 atom stereocenters. The number of hydrogen-bond donors (Lipinski definition) is 3. The van der Waals surface area contributed by atoms with Gasteiger partial charge in [-0.3, -0.25) is 4.98 Å². The molecule has 1 fully saturated rings. The van der Waals surface area contributed by atoms with E-state index in [0.717, 1.165) is 18.5 Å². The molecule has 1 aliphatic heterocycles. The lowest BCUT2D eigenvalue weighted by atomic mass is 9.80. The molecule has 2 heterocycles. The molecule has 1 aromatic heterocycles. The lowest BCUT2D eigenvalue weighted by molar-refractivity contribution is 0.410. The van der Waals surface area contributed by atoms with Crippen LogP contribution in [0.4, 0.5) is 0 Å². The minimum atomic E-state index is -1.43. The molecule has 0 aromatic carbocycles. The number of piperidine rings is 1. The molecule has 0 saturated carbocycles. The molecule has 1 unspecified atom stereocenters. The van der Waals surface area contributed by atoms with Gasteiger partial charge in [-0.25, -0.2) is 0 Å². The van der Waals surface area contributed by atoms with E-state index in [1.807, 2.05) is 0 Å². The third kappa shape index (κ3) is 3.19. The van der Waals surface area contributed by atoms with Crippen molar-refractivity contribution < 1.29 is 10.0 Å². The molecule has 2 rings (SSSR count). The first-order valence-electron chi connectivity index (χ1n) is 5.32. The Morgan fingerprint density at radius 1 is 1.31 bits per heavy atom. The molecule has 0 amide bonds. The number of aromatic nitrogens is 1. The molecule has 88 valence electrons. The van der Waals surface area contributed by atoms with Gasteiger partial charge in [0.25, 0.3) is 0 Å². The molecule has 16 heavy (non-hydrogen) atoms. The van der Waals surface area contributed by atoms with Gasteiger partial charge in [0.1, 0.15) is 0 Å². The van der Waals surface area contributed by atoms with E-state index < -0.39 is 7.12 Å². The van der Waals surface area contributed by atoms with E-state index in [9.17, 15) is 0 Å². The zero-order valence-electron chi connectivity index (χ0n) is 8.97. The molecule has 1 aliphatic rings. The average molecular weight is 243 g/mol. The van der Waals surface area contributed by atoms with E-state index in [4.69, 9.17) is 10.0 Å². The summed E-state index contributed by atoms with van der Waals surface area (Å²) in [6.07, 6.45) is 6.79. The summed E-state index contributed by atoms with van der Waals surface area (Å²) >= 11 is 0. The Labute approximate surface area is 102 Å². The Kier molecular flexibility index (Phi) is 5.21. The predicted octanol–water partition coefficient (Wildman–Crippen LogP) is -0.00220. The van der Waals surface area contributed by atoms with Crippen LogP contribution in [0.2, 0.25) is 0 Å². The van der Waals surface area contributed by atoms with Crippen molar-refractivity contribution in [2.75, 3.05) is 6.54 Å². The van der Waals surface area contributed by atoms with Gasteiger partial charge >= 0.3 is 7.12 Å². The van der Waals surface area contributed by atoms with E-state index >= 15 is 0 Å². The molecule has 6 heteroatoms. The number of nitrogens with one attached hydrogen (secondary N) is 1. The van der Waals surface area contributed by atoms with Crippen LogP contribution in [0.1, 0.15) is 30.9 Å². The highest BCUT2D eigenvalue weighted by atomic mass is 35.5. The number of pyridine rings is 1. The summed E-state index contributed by atoms with van der Waals surface area (Å²) in [6, 6.07) is 2.12. The largest absolute Gasteiger partial charge is 0.490 e. The third-order valence-electron chi connectivity index (χ3n) is 2.79. The lowest BCUT2D eigenvalue weighted by Gasteiger charge is -2.23. The van der Waals surface area contributed by atoms with Crippen LogP contribution >= 0.6 is 12.4 Å². The summed E-state index contributed by atoms with van der Waals surface area (Å²) in [7, 11) is -1.43. The van der Waals surface area contributed by atoms with Crippen LogP contribution in [0.3, 0.4) is 0 Å². The molecule has 0 aliphatic carbocycles. The Bertz CT molecular complexity index is 332. The van der Waals surface area contributed by atoms with Gasteiger partial charge in [0.15, 0.2) is 0 Å². The van der Waals surface area contributed by atoms with Gasteiger partial charge in [-0.05, 0) is 24.9 Å². The van der Waals surface area contributed by atoms with Crippen LogP contribution in [0.25, 0.3) is 0 Å². The first-order valence-corrected chi connectivity index (χ1v) is 5.32. The fourth-order valence-electron chi connectivity index (χ4n) is 1.94. The molecule has 1 aromatic rings. The summed E-state index contributed by atoms with van der Waals surface area (Å²) in [5.41, 5.74) is 1.50. The van der Waals surface area contributed by atoms with E-state index in [1.54, 1.807) is 12.3 Å². The van der Waals surface area contributed by atoms with Crippen molar-refractivity contribution in [2.24, 2.45) is 0 Å². The Balaban J connectivity index is 0.00000128. The first kappa shape index (κ1) is 13.4. The zero-order valence-corrected chi connectivity index (χ0v) is 9.78. The number of rotatable bonds is 2. The highest BCUT2D eigenvalue weighted by molar-refractivity contribution is 6.58. The van der Waals surface area contributed by atoms with Crippen molar-refractivity contribution in [1.29, 1.82) is 0 Å². The number of halogens is 1. The highest BCUT2D eigenvalue weighted by Crippen LogP contribution is 2.21. The van der Waals surface area contributed by atoms with Crippen LogP contribution in [0, 0.1) is 0 Å². The van der Waals surface area contributed by atoms with Gasteiger partial charge in [-0.1, -0.05) is 12.5 Å². The predicted molar refractivity (Wildman–Crippen MR) is 65.9 cm³/mol. The van der Waals surface area contributed by atoms with Crippen molar-refractivity contribution in [3.05, 3.63) is 24.0 Å². The average Bonchev–Trinajstić information content (AvgIpc) is 2.30. The van der Waals surface area contributed by atoms with Crippen LogP contribution in [0.5, 0.6) is 0 Å². The smallest absolute Gasteiger partial charge is 0.423 e. The summed E-state index contributed by atoms with van der Waals surface area (Å²) in [5.74, 6) is 0. The molecular weight excluding hydrogens is 226 g/mol. The molecule has 3 N–H and O–H groups in total. The molecular formula is C10H16BClN2O2. The Hall–Kier alpha value is -0.615. The van der Waals surface area contributed by atoms with Crippen molar-refractivity contribution in [2.45, 2.75) is 25.3 Å². The second-order valence-corrected chi connectivity index (χ2v) is 3.93. The standard InChI is InChI=1S/C10H15BN2O2.ClH/c14-11(15)9-5-8(6-12-7-9)10-3-1-2-4-13-10;/h5-7,10,13-15H,1-4H2;1H. The van der Waals surface area contributed by atoms with E-state index in [2.05, 4.69) is 10.3 Å². The number of hydrogen-bond acceptors (Lipinski definition) is 4. The number of nitrogens with zero attached hydrogens (tertiary/aromatic N) is 1. The van der Waals surface area contributed by atoms with Gasteiger partial charge in [-0.15, -0.1) is 12.4 Å². The second-order valence-electron chi connectivity index (χ2n) is 3.93. The van der Waals surface area contributed by atoms with Crippen molar-refractivity contribution >= 4 is 25.0 Å². The van der Waals surface area contributed by atoms with E-state index in [1.165, 1.54) is 19.0 Å². The van der Waals surface area contributed by atoms with Gasteiger partial charge < -0.3 is 15.4 Å². The van der Waals surface area contributed by atoms with Crippen molar-refractivity contribution in [1.82, 2.24) is 10.3 Å². The highest BCUT2D eigenvalue weighted by Gasteiger charge is 2.17. The maximum Gasteiger partial charge on any atom is 0.490 e. The fraction of sp³-hybridized carbons (Fsp3) is 0.500. The Morgan fingerprint density at radius 2 is 2.12 bits per heavy atom. The first-order chi connectivity index (χ1) is 7.27. The minimum Gasteiger partial charge on any atom is -0.423 e. The molecule has 0 bridgehead atoms. The summed E-state index contributed by atoms with van der Waals surface area (Å²) in [5, 5.41) is 21.5. The Morgan fingerprint density at radius 3 is 2.75 bits per heavy atom. The monoisotopic (exact) mass is 242 g/mol. The normalized spacial score (nSPS) is 20.0. The quantitative estimate of drug-likeness (QED) is 0.639. The van der Waals surface area contributed by atoms with Crippen LogP contribution < -0.4 is 10.8 Å². The van der Waals surface area contributed by atoms with Crippen molar-refractivity contribution in [3.63, 3.8) is 0 Å². The van der Waals surface area contributed by atoms with Crippen LogP contribution in [-0.2, 0) is 0 Å². The molecule has 1 saturated heterocycles. The maximum atomic E-state index is 9.04. The zero-order chi connectivity index (χ0) is 10.7. The van der Waals surface area contributed by atoms with Gasteiger partial charge in [0.05, 0.1) is 0 Å². The second kappa shape index (κ2) is 6.20. The van der Waals surface area contributed by atoms with Gasteiger partial charge in [0, 0.05) is 23.9 Å². The van der Waals surface area contributed by atoms with Crippen LogP contribution in [0.15, 0.2) is 18.5 Å². The maximum absolute atomic E-state index is 9.04. The van der Waals surface area contributed by atoms with E-state index in [0.29, 0.717) is 11.5 Å². The fourth-order valence-corrected chi connectivity index (χ4v) is 1.94. The summed E-state index contributed by atoms with van der Waals surface area (Å²) in [6.45, 7) is 1.02. The summed E-state index contributed by atoms with van der Waals surface area (Å²) < 4.78 is 0. The van der Waals surface area contributed by atoms with Crippen molar-refractivity contribution in [3.8, 4) is 0 Å². The van der Waals surface area contributed by atoms with Gasteiger partial charge in [0.2, 0.25) is 0 Å². The molecule has 0 spiro atoms. The lowest BCUT2D eigenvalue weighted by Crippen LogP contribution is -2.32. The topological polar surface area (TPSA) is 65.4 Å². The SMILES string of the molecule is Cl.OB(O)c1cncc(C2CCCCN2)c1. The molecule has 0 radical (unpaired) electrons. The van der Waals surface area contributed by atoms with Gasteiger partial charge in [-0.2, -0.15) is 0 Å². The molecule has 4 nitrogen and oxygen atoms in total.